The van der Waals surface area contributed by atoms with Gasteiger partial charge in [-0.1, -0.05) is 13.0 Å². The van der Waals surface area contributed by atoms with Crippen LogP contribution in [-0.4, -0.2) is 11.6 Å². The second-order valence-electron chi connectivity index (χ2n) is 1.31. The Bertz CT molecular complexity index is 96.5. The molecule has 0 unspecified atom stereocenters. The second-order valence-corrected chi connectivity index (χ2v) is 1.31. The van der Waals surface area contributed by atoms with Crippen molar-refractivity contribution < 1.29 is 34.7 Å². The van der Waals surface area contributed by atoms with Gasteiger partial charge in [0.15, 0.2) is 0 Å². The number of rotatable bonds is 0. The average Bonchev–Trinajstić information content (AvgIpc) is 1.93. The Labute approximate surface area is 83.6 Å². The molecule has 0 aliphatic heterocycles. The van der Waals surface area contributed by atoms with Crippen LogP contribution in [0.15, 0.2) is 30.6 Å². The molecule has 0 N–H and O–H groups in total. The predicted molar refractivity (Wildman–Crippen MR) is 34.8 cm³/mol. The summed E-state index contributed by atoms with van der Waals surface area (Å²) in [6.07, 6.45) is 3.50. The Kier molecular flexibility index (Phi) is 15.1. The Hall–Kier alpha value is 0.110. The molecule has 0 aliphatic carbocycles. The third-order valence-electron chi connectivity index (χ3n) is 0.566. The van der Waals surface area contributed by atoms with Gasteiger partial charge in [-0.05, 0) is 12.1 Å². The number of hydrogen-bond donors (Lipinski definition) is 0. The van der Waals surface area contributed by atoms with Gasteiger partial charge in [0.2, 0.25) is 0 Å². The van der Waals surface area contributed by atoms with Crippen molar-refractivity contribution in [3.05, 3.63) is 30.6 Å². The van der Waals surface area contributed by atoms with E-state index in [2.05, 4.69) is 4.98 Å². The van der Waals surface area contributed by atoms with Gasteiger partial charge < -0.3 is 5.11 Å². The summed E-state index contributed by atoms with van der Waals surface area (Å²) in [6.45, 7) is 1.57. The van der Waals surface area contributed by atoms with E-state index < -0.39 is 0 Å². The molecule has 0 saturated heterocycles. The second kappa shape index (κ2) is 11.9. The quantitative estimate of drug-likeness (QED) is 0.379. The number of pyridine rings is 1. The smallest absolute Gasteiger partial charge is 0.855 e. The van der Waals surface area contributed by atoms with Crippen molar-refractivity contribution in [2.75, 3.05) is 6.61 Å². The maximum absolute atomic E-state index is 8.93. The molecule has 3 heteroatoms. The van der Waals surface area contributed by atoms with E-state index in [0.29, 0.717) is 0 Å². The molecule has 0 fully saturated rings. The van der Waals surface area contributed by atoms with Crippen LogP contribution in [0.1, 0.15) is 6.92 Å². The largest absolute Gasteiger partial charge is 1.00 e. The third-order valence-corrected chi connectivity index (χ3v) is 0.566. The van der Waals surface area contributed by atoms with Gasteiger partial charge >= 0.3 is 29.6 Å². The van der Waals surface area contributed by atoms with Crippen LogP contribution in [0.5, 0.6) is 0 Å². The van der Waals surface area contributed by atoms with Gasteiger partial charge in [-0.25, -0.2) is 0 Å². The number of hydrogen-bond acceptors (Lipinski definition) is 2. The molecule has 1 aromatic rings. The van der Waals surface area contributed by atoms with Crippen molar-refractivity contribution in [2.24, 2.45) is 0 Å². The van der Waals surface area contributed by atoms with Gasteiger partial charge in [0.25, 0.3) is 0 Å². The van der Waals surface area contributed by atoms with E-state index in [0.717, 1.165) is 0 Å². The Morgan fingerprint density at radius 1 is 1.20 bits per heavy atom. The minimum atomic E-state index is 0. The van der Waals surface area contributed by atoms with Gasteiger partial charge in [-0.3, -0.25) is 4.98 Å². The molecule has 2 nitrogen and oxygen atoms in total. The molecular formula is C7H10NNaO. The fourth-order valence-electron chi connectivity index (χ4n) is 0.313. The van der Waals surface area contributed by atoms with Gasteiger partial charge in [0.1, 0.15) is 0 Å². The van der Waals surface area contributed by atoms with Crippen molar-refractivity contribution in [3.8, 4) is 0 Å². The Balaban J connectivity index is 0. The number of aromatic nitrogens is 1. The monoisotopic (exact) mass is 147 g/mol. The fraction of sp³-hybridized carbons (Fsp3) is 0.286. The van der Waals surface area contributed by atoms with E-state index >= 15 is 0 Å². The summed E-state index contributed by atoms with van der Waals surface area (Å²) in [5.41, 5.74) is 0. The van der Waals surface area contributed by atoms with Gasteiger partial charge in [0.05, 0.1) is 0 Å². The minimum Gasteiger partial charge on any atom is -0.855 e. The van der Waals surface area contributed by atoms with Crippen LogP contribution in [0.3, 0.4) is 0 Å². The molecule has 0 radical (unpaired) electrons. The Morgan fingerprint density at radius 2 is 1.60 bits per heavy atom. The average molecular weight is 147 g/mol. The molecule has 0 atom stereocenters. The van der Waals surface area contributed by atoms with Gasteiger partial charge in [-0.15, -0.1) is 6.61 Å². The van der Waals surface area contributed by atoms with Crippen LogP contribution in [0.2, 0.25) is 0 Å². The summed E-state index contributed by atoms with van der Waals surface area (Å²) in [5.74, 6) is 0. The SMILES string of the molecule is CC[O-].[Na+].c1ccncc1. The first-order valence-electron chi connectivity index (χ1n) is 2.85. The van der Waals surface area contributed by atoms with Crippen LogP contribution in [0.4, 0.5) is 0 Å². The summed E-state index contributed by atoms with van der Waals surface area (Å²) < 4.78 is 0. The van der Waals surface area contributed by atoms with Crippen LogP contribution in [0, 0.1) is 0 Å². The molecule has 0 amide bonds. The minimum absolute atomic E-state index is 0. The Morgan fingerprint density at radius 3 is 1.70 bits per heavy atom. The van der Waals surface area contributed by atoms with Gasteiger partial charge in [0, 0.05) is 12.4 Å². The fourth-order valence-corrected chi connectivity index (χ4v) is 0.313. The molecule has 1 rings (SSSR count). The number of nitrogens with zero attached hydrogens (tertiary/aromatic N) is 1. The van der Waals surface area contributed by atoms with E-state index in [1.54, 1.807) is 19.3 Å². The van der Waals surface area contributed by atoms with Crippen LogP contribution in [0.25, 0.3) is 0 Å². The molecule has 0 bridgehead atoms. The van der Waals surface area contributed by atoms with E-state index in [4.69, 9.17) is 5.11 Å². The van der Waals surface area contributed by atoms with Crippen LogP contribution >= 0.6 is 0 Å². The summed E-state index contributed by atoms with van der Waals surface area (Å²) >= 11 is 0. The van der Waals surface area contributed by atoms with Crippen molar-refractivity contribution in [3.63, 3.8) is 0 Å². The van der Waals surface area contributed by atoms with E-state index in [-0.39, 0.29) is 36.2 Å². The summed E-state index contributed by atoms with van der Waals surface area (Å²) in [5, 5.41) is 8.93. The van der Waals surface area contributed by atoms with E-state index in [1.807, 2.05) is 18.2 Å². The third kappa shape index (κ3) is 11.0. The van der Waals surface area contributed by atoms with E-state index in [1.165, 1.54) is 0 Å². The normalized spacial score (nSPS) is 6.60. The molecule has 10 heavy (non-hydrogen) atoms. The van der Waals surface area contributed by atoms with Crippen LogP contribution < -0.4 is 34.7 Å². The van der Waals surface area contributed by atoms with Crippen LogP contribution in [-0.2, 0) is 0 Å². The van der Waals surface area contributed by atoms with Crippen molar-refractivity contribution in [1.29, 1.82) is 0 Å². The van der Waals surface area contributed by atoms with Crippen molar-refractivity contribution >= 4 is 0 Å². The predicted octanol–water partition coefficient (Wildman–Crippen LogP) is -2.55. The maximum atomic E-state index is 8.93. The molecule has 50 valence electrons. The topological polar surface area (TPSA) is 36.0 Å². The molecule has 0 aliphatic rings. The first-order chi connectivity index (χ1) is 4.41. The molecule has 1 heterocycles. The first kappa shape index (κ1) is 12.8. The molecular weight excluding hydrogens is 137 g/mol. The maximum Gasteiger partial charge on any atom is 1.00 e. The van der Waals surface area contributed by atoms with Gasteiger partial charge in [-0.2, -0.15) is 0 Å². The van der Waals surface area contributed by atoms with E-state index in [9.17, 15) is 0 Å². The zero-order valence-corrected chi connectivity index (χ0v) is 8.45. The summed E-state index contributed by atoms with van der Waals surface area (Å²) in [4.78, 5) is 3.78. The summed E-state index contributed by atoms with van der Waals surface area (Å²) in [6, 6.07) is 5.72. The van der Waals surface area contributed by atoms with Crippen molar-refractivity contribution in [2.45, 2.75) is 6.92 Å². The molecule has 0 saturated carbocycles. The zero-order valence-electron chi connectivity index (χ0n) is 6.45. The standard InChI is InChI=1S/C5H5N.C2H5O.Na/c1-2-4-6-5-3-1;1-2-3;/h1-5H;2H2,1H3;/q;-1;+1. The zero-order chi connectivity index (χ0) is 6.95. The molecule has 0 spiro atoms. The van der Waals surface area contributed by atoms with Crippen molar-refractivity contribution in [1.82, 2.24) is 4.98 Å². The first-order valence-corrected chi connectivity index (χ1v) is 2.85. The summed E-state index contributed by atoms with van der Waals surface area (Å²) in [7, 11) is 0. The molecule has 0 aromatic carbocycles. The molecule has 1 aromatic heterocycles.